The van der Waals surface area contributed by atoms with Gasteiger partial charge in [-0.2, -0.15) is 0 Å². The van der Waals surface area contributed by atoms with Crippen LogP contribution >= 0.6 is 0 Å². The summed E-state index contributed by atoms with van der Waals surface area (Å²) in [5, 5.41) is 0. The molecule has 0 spiro atoms. The molecule has 2 aliphatic rings. The predicted octanol–water partition coefficient (Wildman–Crippen LogP) is 1.53. The summed E-state index contributed by atoms with van der Waals surface area (Å²) in [7, 11) is 0. The van der Waals surface area contributed by atoms with Crippen LogP contribution in [-0.4, -0.2) is 40.9 Å². The van der Waals surface area contributed by atoms with Crippen LogP contribution in [0.5, 0.6) is 0 Å². The van der Waals surface area contributed by atoms with Crippen molar-refractivity contribution in [2.75, 3.05) is 13.2 Å². The van der Waals surface area contributed by atoms with Crippen molar-refractivity contribution < 1.29 is 14.3 Å². The fourth-order valence-electron chi connectivity index (χ4n) is 2.52. The van der Waals surface area contributed by atoms with Gasteiger partial charge in [0.15, 0.2) is 6.23 Å². The van der Waals surface area contributed by atoms with E-state index >= 15 is 0 Å². The first-order valence-corrected chi connectivity index (χ1v) is 6.15. The first-order valence-electron chi connectivity index (χ1n) is 6.15. The van der Waals surface area contributed by atoms with Gasteiger partial charge >= 0.3 is 6.03 Å². The number of fused-ring (bicyclic) bond motifs is 1. The third-order valence-corrected chi connectivity index (χ3v) is 3.40. The lowest BCUT2D eigenvalue weighted by Crippen LogP contribution is -2.34. The summed E-state index contributed by atoms with van der Waals surface area (Å²) in [4.78, 5) is 27.1. The molecule has 3 rings (SSSR count). The Hall–Kier alpha value is -2.14. The molecule has 98 valence electrons. The zero-order valence-electron chi connectivity index (χ0n) is 10.4. The van der Waals surface area contributed by atoms with Crippen molar-refractivity contribution in [1.82, 2.24) is 9.80 Å². The molecular weight excluding hydrogens is 244 g/mol. The van der Waals surface area contributed by atoms with Gasteiger partial charge in [0.1, 0.15) is 6.04 Å². The molecule has 3 amide bonds. The third kappa shape index (κ3) is 1.74. The Kier molecular flexibility index (Phi) is 2.83. The summed E-state index contributed by atoms with van der Waals surface area (Å²) >= 11 is 0. The van der Waals surface area contributed by atoms with E-state index in [0.29, 0.717) is 0 Å². The molecule has 1 aromatic rings. The first kappa shape index (κ1) is 11.9. The monoisotopic (exact) mass is 258 g/mol. The van der Waals surface area contributed by atoms with Crippen LogP contribution in [0.1, 0.15) is 11.8 Å². The molecule has 0 radical (unpaired) electrons. The van der Waals surface area contributed by atoms with E-state index in [1.807, 2.05) is 30.3 Å². The molecule has 1 unspecified atom stereocenters. The molecule has 0 aromatic heterocycles. The van der Waals surface area contributed by atoms with Gasteiger partial charge in [-0.1, -0.05) is 36.4 Å². The fraction of sp³-hybridized carbons (Fsp3) is 0.286. The van der Waals surface area contributed by atoms with E-state index in [1.165, 1.54) is 9.80 Å². The Morgan fingerprint density at radius 3 is 2.74 bits per heavy atom. The smallest absolute Gasteiger partial charge is 0.330 e. The van der Waals surface area contributed by atoms with Gasteiger partial charge in [0.2, 0.25) is 0 Å². The summed E-state index contributed by atoms with van der Waals surface area (Å²) < 4.78 is 5.61. The van der Waals surface area contributed by atoms with E-state index < -0.39 is 12.3 Å². The molecule has 0 aliphatic carbocycles. The topological polar surface area (TPSA) is 49.9 Å². The highest BCUT2D eigenvalue weighted by Crippen LogP contribution is 2.36. The Morgan fingerprint density at radius 1 is 1.32 bits per heavy atom. The normalized spacial score (nSPS) is 25.9. The minimum absolute atomic E-state index is 0.205. The van der Waals surface area contributed by atoms with Gasteiger partial charge < -0.3 is 4.74 Å². The Bertz CT molecular complexity index is 529. The molecule has 0 bridgehead atoms. The molecule has 5 nitrogen and oxygen atoms in total. The molecule has 0 N–H and O–H groups in total. The number of ether oxygens (including phenoxy) is 1. The highest BCUT2D eigenvalue weighted by molar-refractivity contribution is 6.04. The third-order valence-electron chi connectivity index (χ3n) is 3.40. The van der Waals surface area contributed by atoms with Crippen LogP contribution in [0.2, 0.25) is 0 Å². The summed E-state index contributed by atoms with van der Waals surface area (Å²) in [5.74, 6) is -0.205. The molecular formula is C14H14N2O3. The zero-order chi connectivity index (χ0) is 13.4. The highest BCUT2D eigenvalue weighted by atomic mass is 16.5. The molecule has 1 aromatic carbocycles. The highest BCUT2D eigenvalue weighted by Gasteiger charge is 2.52. The minimum Gasteiger partial charge on any atom is -0.351 e. The standard InChI is InChI=1S/C14H14N2O3/c1-2-8-15-12(17)11-9-19-13(16(11)14(15)18)10-6-4-3-5-7-10/h2-7,11,13H,1,8-9H2/t11-,13?/m1/s1. The largest absolute Gasteiger partial charge is 0.351 e. The predicted molar refractivity (Wildman–Crippen MR) is 68.1 cm³/mol. The maximum atomic E-state index is 12.3. The summed E-state index contributed by atoms with van der Waals surface area (Å²) in [6.07, 6.45) is 1.08. The number of amides is 3. The van der Waals surface area contributed by atoms with Crippen LogP contribution < -0.4 is 0 Å². The lowest BCUT2D eigenvalue weighted by Gasteiger charge is -2.22. The maximum absolute atomic E-state index is 12.3. The summed E-state index contributed by atoms with van der Waals surface area (Å²) in [6, 6.07) is 8.64. The van der Waals surface area contributed by atoms with Gasteiger partial charge in [-0.05, 0) is 0 Å². The first-order chi connectivity index (χ1) is 9.24. The number of hydrogen-bond acceptors (Lipinski definition) is 3. The van der Waals surface area contributed by atoms with Gasteiger partial charge in [-0.3, -0.25) is 14.6 Å². The summed E-state index contributed by atoms with van der Waals surface area (Å²) in [6.45, 7) is 4.06. The van der Waals surface area contributed by atoms with Crippen molar-refractivity contribution in [1.29, 1.82) is 0 Å². The van der Waals surface area contributed by atoms with Gasteiger partial charge in [0.25, 0.3) is 5.91 Å². The molecule has 2 saturated heterocycles. The van der Waals surface area contributed by atoms with E-state index in [9.17, 15) is 9.59 Å². The van der Waals surface area contributed by atoms with E-state index in [0.717, 1.165) is 5.56 Å². The quantitative estimate of drug-likeness (QED) is 0.610. The van der Waals surface area contributed by atoms with Gasteiger partial charge in [-0.15, -0.1) is 6.58 Å². The summed E-state index contributed by atoms with van der Waals surface area (Å²) in [5.41, 5.74) is 0.881. The van der Waals surface area contributed by atoms with Crippen LogP contribution in [-0.2, 0) is 9.53 Å². The van der Waals surface area contributed by atoms with Crippen molar-refractivity contribution in [3.05, 3.63) is 48.6 Å². The van der Waals surface area contributed by atoms with Gasteiger partial charge in [0.05, 0.1) is 6.61 Å². The van der Waals surface area contributed by atoms with Crippen molar-refractivity contribution in [3.63, 3.8) is 0 Å². The van der Waals surface area contributed by atoms with Crippen LogP contribution in [0, 0.1) is 0 Å². The Morgan fingerprint density at radius 2 is 2.05 bits per heavy atom. The number of hydrogen-bond donors (Lipinski definition) is 0. The fourth-order valence-corrected chi connectivity index (χ4v) is 2.52. The second kappa shape index (κ2) is 4.51. The molecule has 2 fully saturated rings. The number of rotatable bonds is 3. The van der Waals surface area contributed by atoms with Crippen LogP contribution in [0.15, 0.2) is 43.0 Å². The lowest BCUT2D eigenvalue weighted by atomic mass is 10.2. The number of imide groups is 1. The average Bonchev–Trinajstić information content (AvgIpc) is 2.97. The van der Waals surface area contributed by atoms with Crippen molar-refractivity contribution in [2.45, 2.75) is 12.3 Å². The number of nitrogens with zero attached hydrogens (tertiary/aromatic N) is 2. The van der Waals surface area contributed by atoms with Crippen molar-refractivity contribution in [2.24, 2.45) is 0 Å². The number of benzene rings is 1. The van der Waals surface area contributed by atoms with E-state index in [-0.39, 0.29) is 25.1 Å². The second-order valence-electron chi connectivity index (χ2n) is 4.54. The number of carbonyl (C=O) groups excluding carboxylic acids is 2. The second-order valence-corrected chi connectivity index (χ2v) is 4.54. The van der Waals surface area contributed by atoms with Gasteiger partial charge in [-0.25, -0.2) is 4.79 Å². The van der Waals surface area contributed by atoms with Crippen LogP contribution in [0.25, 0.3) is 0 Å². The molecule has 2 heterocycles. The molecule has 2 aliphatic heterocycles. The van der Waals surface area contributed by atoms with E-state index in [2.05, 4.69) is 6.58 Å². The zero-order valence-corrected chi connectivity index (χ0v) is 10.4. The molecule has 2 atom stereocenters. The molecule has 19 heavy (non-hydrogen) atoms. The van der Waals surface area contributed by atoms with Gasteiger partial charge in [0, 0.05) is 12.1 Å². The number of urea groups is 1. The number of carbonyl (C=O) groups is 2. The minimum atomic E-state index is -0.502. The molecule has 0 saturated carbocycles. The van der Waals surface area contributed by atoms with Crippen molar-refractivity contribution in [3.8, 4) is 0 Å². The van der Waals surface area contributed by atoms with Crippen molar-refractivity contribution >= 4 is 11.9 Å². The van der Waals surface area contributed by atoms with Crippen LogP contribution in [0.3, 0.4) is 0 Å². The SMILES string of the molecule is C=CCN1C(=O)[C@H]2COC(c3ccccc3)N2C1=O. The molecule has 5 heteroatoms. The van der Waals surface area contributed by atoms with E-state index in [1.54, 1.807) is 6.08 Å². The maximum Gasteiger partial charge on any atom is 0.330 e. The van der Waals surface area contributed by atoms with Crippen LogP contribution in [0.4, 0.5) is 4.79 Å². The lowest BCUT2D eigenvalue weighted by molar-refractivity contribution is -0.127. The Balaban J connectivity index is 1.91. The van der Waals surface area contributed by atoms with E-state index in [4.69, 9.17) is 4.74 Å². The Labute approximate surface area is 111 Å². The average molecular weight is 258 g/mol.